The molecular weight excluding hydrogens is 262 g/mol. The highest BCUT2D eigenvalue weighted by atomic mass is 16.5. The minimum absolute atomic E-state index is 0.182. The number of nitrogens with two attached hydrogens (primary N) is 1. The first-order chi connectivity index (χ1) is 9.91. The molecule has 0 aromatic heterocycles. The topological polar surface area (TPSA) is 52.3 Å². The lowest BCUT2D eigenvalue weighted by molar-refractivity contribution is -0.129. The first-order valence-corrected chi connectivity index (χ1v) is 7.86. The van der Waals surface area contributed by atoms with E-state index in [1.54, 1.807) is 7.11 Å². The Balaban J connectivity index is 2.52. The van der Waals surface area contributed by atoms with Crippen LogP contribution in [0.5, 0.6) is 5.75 Å². The van der Waals surface area contributed by atoms with E-state index < -0.39 is 5.41 Å². The average Bonchev–Trinajstić information content (AvgIpc) is 2.46. The molecule has 0 saturated heterocycles. The van der Waals surface area contributed by atoms with Crippen molar-refractivity contribution in [3.63, 3.8) is 0 Å². The van der Waals surface area contributed by atoms with Crippen LogP contribution in [-0.2, 0) is 10.2 Å². The summed E-state index contributed by atoms with van der Waals surface area (Å²) in [6.07, 6.45) is 3.08. The van der Waals surface area contributed by atoms with E-state index >= 15 is 0 Å². The maximum atomic E-state index is 12.5. The van der Waals surface area contributed by atoms with Crippen molar-refractivity contribution in [2.45, 2.75) is 45.4 Å². The SMILES string of the molecule is COc1ccc(C2(C(N)=O)CC(C)CCC2C(C)C)cc1. The molecule has 1 aliphatic carbocycles. The Labute approximate surface area is 127 Å². The number of carbonyl (C=O) groups excluding carboxylic acids is 1. The van der Waals surface area contributed by atoms with Gasteiger partial charge >= 0.3 is 0 Å². The van der Waals surface area contributed by atoms with Crippen LogP contribution >= 0.6 is 0 Å². The summed E-state index contributed by atoms with van der Waals surface area (Å²) in [4.78, 5) is 12.5. The molecule has 0 spiro atoms. The number of benzene rings is 1. The third-order valence-corrected chi connectivity index (χ3v) is 5.12. The summed E-state index contributed by atoms with van der Waals surface area (Å²) >= 11 is 0. The first-order valence-electron chi connectivity index (χ1n) is 7.86. The van der Waals surface area contributed by atoms with Gasteiger partial charge in [0, 0.05) is 0 Å². The largest absolute Gasteiger partial charge is 0.497 e. The molecule has 1 fully saturated rings. The van der Waals surface area contributed by atoms with E-state index in [1.165, 1.54) is 6.42 Å². The molecule has 1 amide bonds. The molecule has 1 aromatic carbocycles. The monoisotopic (exact) mass is 289 g/mol. The van der Waals surface area contributed by atoms with Crippen LogP contribution in [-0.4, -0.2) is 13.0 Å². The minimum atomic E-state index is -0.544. The summed E-state index contributed by atoms with van der Waals surface area (Å²) in [5.41, 5.74) is 6.42. The van der Waals surface area contributed by atoms with Crippen LogP contribution in [0.15, 0.2) is 24.3 Å². The maximum absolute atomic E-state index is 12.5. The summed E-state index contributed by atoms with van der Waals surface area (Å²) in [7, 11) is 1.65. The highest BCUT2D eigenvalue weighted by Gasteiger charge is 2.49. The molecule has 0 radical (unpaired) electrons. The summed E-state index contributed by atoms with van der Waals surface area (Å²) in [5, 5.41) is 0. The number of methoxy groups -OCH3 is 1. The molecule has 0 heterocycles. The number of amides is 1. The highest BCUT2D eigenvalue weighted by Crippen LogP contribution is 2.49. The van der Waals surface area contributed by atoms with E-state index in [0.717, 1.165) is 24.2 Å². The summed E-state index contributed by atoms with van der Waals surface area (Å²) in [6, 6.07) is 7.88. The van der Waals surface area contributed by atoms with Gasteiger partial charge in [-0.25, -0.2) is 0 Å². The van der Waals surface area contributed by atoms with Gasteiger partial charge < -0.3 is 10.5 Å². The lowest BCUT2D eigenvalue weighted by atomic mass is 9.56. The van der Waals surface area contributed by atoms with Crippen molar-refractivity contribution in [1.82, 2.24) is 0 Å². The standard InChI is InChI=1S/C18H27NO2/c1-12(2)16-10-5-13(3)11-18(16,17(19)20)14-6-8-15(21-4)9-7-14/h6-9,12-13,16H,5,10-11H2,1-4H3,(H2,19,20). The molecular formula is C18H27NO2. The van der Waals surface area contributed by atoms with E-state index in [2.05, 4.69) is 20.8 Å². The van der Waals surface area contributed by atoms with Crippen molar-refractivity contribution in [2.75, 3.05) is 7.11 Å². The minimum Gasteiger partial charge on any atom is -0.497 e. The fourth-order valence-corrected chi connectivity index (χ4v) is 4.06. The van der Waals surface area contributed by atoms with Crippen LogP contribution < -0.4 is 10.5 Å². The van der Waals surface area contributed by atoms with Gasteiger partial charge in [0.1, 0.15) is 5.75 Å². The number of carbonyl (C=O) groups is 1. The van der Waals surface area contributed by atoms with Crippen molar-refractivity contribution in [3.8, 4) is 5.75 Å². The Hall–Kier alpha value is -1.51. The van der Waals surface area contributed by atoms with Crippen LogP contribution in [0.2, 0.25) is 0 Å². The predicted octanol–water partition coefficient (Wildman–Crippen LogP) is 3.51. The van der Waals surface area contributed by atoms with Crippen molar-refractivity contribution in [2.24, 2.45) is 23.5 Å². The number of ether oxygens (including phenoxy) is 1. The maximum Gasteiger partial charge on any atom is 0.228 e. The molecule has 2 N–H and O–H groups in total. The molecule has 1 aliphatic rings. The number of rotatable bonds is 4. The van der Waals surface area contributed by atoms with Crippen molar-refractivity contribution in [3.05, 3.63) is 29.8 Å². The van der Waals surface area contributed by atoms with Gasteiger partial charge in [-0.15, -0.1) is 0 Å². The third kappa shape index (κ3) is 2.78. The number of hydrogen-bond donors (Lipinski definition) is 1. The molecule has 3 heteroatoms. The van der Waals surface area contributed by atoms with Crippen molar-refractivity contribution >= 4 is 5.91 Å². The lowest BCUT2D eigenvalue weighted by Gasteiger charge is -2.46. The van der Waals surface area contributed by atoms with Crippen LogP contribution in [0.3, 0.4) is 0 Å². The van der Waals surface area contributed by atoms with Gasteiger partial charge in [0.2, 0.25) is 5.91 Å². The van der Waals surface area contributed by atoms with E-state index in [0.29, 0.717) is 17.8 Å². The van der Waals surface area contributed by atoms with Crippen molar-refractivity contribution < 1.29 is 9.53 Å². The zero-order valence-corrected chi connectivity index (χ0v) is 13.6. The van der Waals surface area contributed by atoms with Gasteiger partial charge in [-0.05, 0) is 48.3 Å². The van der Waals surface area contributed by atoms with Crippen molar-refractivity contribution in [1.29, 1.82) is 0 Å². The third-order valence-electron chi connectivity index (χ3n) is 5.12. The van der Waals surface area contributed by atoms with E-state index in [4.69, 9.17) is 10.5 Å². The van der Waals surface area contributed by atoms with E-state index in [-0.39, 0.29) is 5.91 Å². The van der Waals surface area contributed by atoms with Gasteiger partial charge in [0.25, 0.3) is 0 Å². The summed E-state index contributed by atoms with van der Waals surface area (Å²) < 4.78 is 5.23. The van der Waals surface area contributed by atoms with Crippen LogP contribution in [0.25, 0.3) is 0 Å². The quantitative estimate of drug-likeness (QED) is 0.922. The Kier molecular flexibility index (Phi) is 4.60. The Morgan fingerprint density at radius 1 is 1.29 bits per heavy atom. The normalized spacial score (nSPS) is 29.4. The second kappa shape index (κ2) is 6.08. The fourth-order valence-electron chi connectivity index (χ4n) is 4.06. The molecule has 21 heavy (non-hydrogen) atoms. The average molecular weight is 289 g/mol. The summed E-state index contributed by atoms with van der Waals surface area (Å²) in [5.74, 6) is 1.89. The predicted molar refractivity (Wildman–Crippen MR) is 85.2 cm³/mol. The molecule has 3 nitrogen and oxygen atoms in total. The van der Waals surface area contributed by atoms with Crippen LogP contribution in [0.1, 0.15) is 45.6 Å². The molecule has 3 unspecified atom stereocenters. The fraction of sp³-hybridized carbons (Fsp3) is 0.611. The van der Waals surface area contributed by atoms with E-state index in [1.807, 2.05) is 24.3 Å². The first kappa shape index (κ1) is 15.9. The van der Waals surface area contributed by atoms with Gasteiger partial charge in [0.15, 0.2) is 0 Å². The van der Waals surface area contributed by atoms with Crippen LogP contribution in [0.4, 0.5) is 0 Å². The molecule has 0 aliphatic heterocycles. The molecule has 116 valence electrons. The lowest BCUT2D eigenvalue weighted by Crippen LogP contribution is -2.52. The molecule has 1 saturated carbocycles. The Morgan fingerprint density at radius 2 is 1.90 bits per heavy atom. The Morgan fingerprint density at radius 3 is 2.38 bits per heavy atom. The Bertz CT molecular complexity index is 494. The number of hydrogen-bond acceptors (Lipinski definition) is 2. The molecule has 0 bridgehead atoms. The zero-order valence-electron chi connectivity index (χ0n) is 13.6. The zero-order chi connectivity index (χ0) is 15.6. The van der Waals surface area contributed by atoms with E-state index in [9.17, 15) is 4.79 Å². The second-order valence-electron chi connectivity index (χ2n) is 6.80. The van der Waals surface area contributed by atoms with Gasteiger partial charge in [0.05, 0.1) is 12.5 Å². The molecule has 1 aromatic rings. The highest BCUT2D eigenvalue weighted by molar-refractivity contribution is 5.87. The van der Waals surface area contributed by atoms with Gasteiger partial charge in [-0.3, -0.25) is 4.79 Å². The molecule has 3 atom stereocenters. The van der Waals surface area contributed by atoms with Gasteiger partial charge in [-0.2, -0.15) is 0 Å². The van der Waals surface area contributed by atoms with Crippen LogP contribution in [0, 0.1) is 17.8 Å². The number of primary amides is 1. The smallest absolute Gasteiger partial charge is 0.228 e. The van der Waals surface area contributed by atoms with Gasteiger partial charge in [-0.1, -0.05) is 39.3 Å². The molecule has 2 rings (SSSR count). The second-order valence-corrected chi connectivity index (χ2v) is 6.80. The summed E-state index contributed by atoms with van der Waals surface area (Å²) in [6.45, 7) is 6.61.